The Labute approximate surface area is 225 Å². The van der Waals surface area contributed by atoms with Crippen LogP contribution in [0.3, 0.4) is 0 Å². The SMILES string of the molecule is CCCCC(CC)CC(CC(CC)CCCC)(C(=O)O)C(CC(CC)CCCC)(OCC(=O)O)C(=O)O. The Bertz CT molecular complexity index is 644. The molecule has 0 aliphatic heterocycles. The average molecular weight is 529 g/mol. The molecule has 7 heteroatoms. The fourth-order valence-electron chi connectivity index (χ4n) is 5.91. The molecule has 3 N–H and O–H groups in total. The van der Waals surface area contributed by atoms with E-state index in [1.807, 2.05) is 20.8 Å². The van der Waals surface area contributed by atoms with Crippen LogP contribution in [0.15, 0.2) is 0 Å². The summed E-state index contributed by atoms with van der Waals surface area (Å²) in [4.78, 5) is 38.4. The molecule has 0 amide bonds. The maximum Gasteiger partial charge on any atom is 0.337 e. The molecule has 0 aromatic rings. The smallest absolute Gasteiger partial charge is 0.337 e. The molecule has 0 fully saturated rings. The minimum atomic E-state index is -2.12. The van der Waals surface area contributed by atoms with Gasteiger partial charge in [0.1, 0.15) is 12.0 Å². The number of carboxylic acids is 3. The first kappa shape index (κ1) is 35.4. The van der Waals surface area contributed by atoms with E-state index < -0.39 is 35.5 Å². The first-order chi connectivity index (χ1) is 17.5. The monoisotopic (exact) mass is 528 g/mol. The maximum absolute atomic E-state index is 13.5. The van der Waals surface area contributed by atoms with Gasteiger partial charge in [0.2, 0.25) is 0 Å². The summed E-state index contributed by atoms with van der Waals surface area (Å²) in [6.45, 7) is 11.5. The van der Waals surface area contributed by atoms with Crippen molar-refractivity contribution < 1.29 is 34.4 Å². The van der Waals surface area contributed by atoms with Gasteiger partial charge in [0.15, 0.2) is 5.60 Å². The fraction of sp³-hybridized carbons (Fsp3) is 0.900. The third kappa shape index (κ3) is 10.6. The zero-order valence-corrected chi connectivity index (χ0v) is 24.5. The van der Waals surface area contributed by atoms with Crippen LogP contribution in [0.5, 0.6) is 0 Å². The van der Waals surface area contributed by atoms with Crippen molar-refractivity contribution >= 4 is 17.9 Å². The number of aliphatic carboxylic acids is 3. The van der Waals surface area contributed by atoms with E-state index in [1.54, 1.807) is 0 Å². The topological polar surface area (TPSA) is 121 Å². The molecule has 37 heavy (non-hydrogen) atoms. The largest absolute Gasteiger partial charge is 0.481 e. The van der Waals surface area contributed by atoms with Crippen molar-refractivity contribution in [3.8, 4) is 0 Å². The number of unbranched alkanes of at least 4 members (excludes halogenated alkanes) is 3. The third-order valence-corrected chi connectivity index (χ3v) is 8.45. The van der Waals surface area contributed by atoms with E-state index in [-0.39, 0.29) is 37.0 Å². The molecule has 0 heterocycles. The number of hydrogen-bond acceptors (Lipinski definition) is 4. The van der Waals surface area contributed by atoms with Gasteiger partial charge in [-0.05, 0) is 37.0 Å². The number of carbonyl (C=O) groups is 3. The Morgan fingerprint density at radius 2 is 1.00 bits per heavy atom. The molecule has 0 aromatic heterocycles. The highest BCUT2D eigenvalue weighted by atomic mass is 16.5. The highest BCUT2D eigenvalue weighted by molar-refractivity contribution is 5.89. The van der Waals surface area contributed by atoms with Crippen LogP contribution in [0, 0.1) is 23.2 Å². The zero-order chi connectivity index (χ0) is 28.5. The summed E-state index contributed by atoms with van der Waals surface area (Å²) in [7, 11) is 0. The van der Waals surface area contributed by atoms with E-state index in [0.717, 1.165) is 70.6 Å². The number of hydrogen-bond donors (Lipinski definition) is 3. The van der Waals surface area contributed by atoms with E-state index in [1.165, 1.54) is 0 Å². The minimum absolute atomic E-state index is 0.00678. The van der Waals surface area contributed by atoms with Gasteiger partial charge in [-0.25, -0.2) is 9.59 Å². The third-order valence-electron chi connectivity index (χ3n) is 8.45. The van der Waals surface area contributed by atoms with Crippen LogP contribution in [-0.2, 0) is 19.1 Å². The van der Waals surface area contributed by atoms with Crippen LogP contribution in [0.1, 0.15) is 138 Å². The molecular formula is C30H56O7. The number of carboxylic acid groups (broad SMARTS) is 3. The summed E-state index contributed by atoms with van der Waals surface area (Å²) in [5.74, 6) is -3.85. The Hall–Kier alpha value is -1.63. The van der Waals surface area contributed by atoms with Gasteiger partial charge in [0.25, 0.3) is 0 Å². The molecule has 0 aliphatic rings. The highest BCUT2D eigenvalue weighted by Crippen LogP contribution is 2.52. The zero-order valence-electron chi connectivity index (χ0n) is 24.5. The predicted molar refractivity (Wildman–Crippen MR) is 148 cm³/mol. The van der Waals surface area contributed by atoms with Crippen LogP contribution in [0.2, 0.25) is 0 Å². The van der Waals surface area contributed by atoms with Crippen LogP contribution in [0.4, 0.5) is 0 Å². The highest BCUT2D eigenvalue weighted by Gasteiger charge is 2.64. The second-order valence-electron chi connectivity index (χ2n) is 11.1. The molecule has 0 saturated heterocycles. The van der Waals surface area contributed by atoms with Gasteiger partial charge >= 0.3 is 17.9 Å². The van der Waals surface area contributed by atoms with E-state index in [2.05, 4.69) is 20.8 Å². The quantitative estimate of drug-likeness (QED) is 0.117. The van der Waals surface area contributed by atoms with Gasteiger partial charge in [-0.3, -0.25) is 4.79 Å². The van der Waals surface area contributed by atoms with Crippen LogP contribution >= 0.6 is 0 Å². The summed E-state index contributed by atoms with van der Waals surface area (Å²) in [6, 6.07) is 0. The second kappa shape index (κ2) is 18.6. The fourth-order valence-corrected chi connectivity index (χ4v) is 5.91. The Balaban J connectivity index is 7.14. The summed E-state index contributed by atoms with van der Waals surface area (Å²) >= 11 is 0. The maximum atomic E-state index is 13.5. The molecule has 0 aliphatic carbocycles. The summed E-state index contributed by atoms with van der Waals surface area (Å²) in [5.41, 5.74) is -3.85. The lowest BCUT2D eigenvalue weighted by atomic mass is 9.58. The lowest BCUT2D eigenvalue weighted by Crippen LogP contribution is -2.62. The standard InChI is InChI=1S/C30H56O7/c1-7-13-16-23(10-4)19-29(27(33)34,20-24(11-5)17-14-8-2)30(28(35)36,37-22-26(31)32)21-25(12-6)18-15-9-3/h23-25H,7-22H2,1-6H3,(H,31,32)(H,33,34)(H,35,36). The lowest BCUT2D eigenvalue weighted by molar-refractivity contribution is -0.213. The molecule has 4 unspecified atom stereocenters. The van der Waals surface area contributed by atoms with Gasteiger partial charge in [-0.2, -0.15) is 0 Å². The summed E-state index contributed by atoms with van der Waals surface area (Å²) in [6.07, 6.45) is 10.6. The van der Waals surface area contributed by atoms with Gasteiger partial charge in [0.05, 0.1) is 0 Å². The van der Waals surface area contributed by atoms with Crippen molar-refractivity contribution in [3.05, 3.63) is 0 Å². The minimum Gasteiger partial charge on any atom is -0.481 e. The van der Waals surface area contributed by atoms with Gasteiger partial charge in [-0.15, -0.1) is 0 Å². The molecule has 0 spiro atoms. The van der Waals surface area contributed by atoms with E-state index in [4.69, 9.17) is 4.74 Å². The van der Waals surface area contributed by atoms with E-state index >= 15 is 0 Å². The first-order valence-electron chi connectivity index (χ1n) is 14.9. The van der Waals surface area contributed by atoms with Crippen LogP contribution in [-0.4, -0.2) is 45.4 Å². The molecular weight excluding hydrogens is 472 g/mol. The Morgan fingerprint density at radius 3 is 1.27 bits per heavy atom. The molecule has 0 radical (unpaired) electrons. The van der Waals surface area contributed by atoms with Crippen molar-refractivity contribution in [2.45, 2.75) is 143 Å². The molecule has 4 atom stereocenters. The molecule has 0 aromatic carbocycles. The van der Waals surface area contributed by atoms with E-state index in [9.17, 15) is 29.7 Å². The Morgan fingerprint density at radius 1 is 0.622 bits per heavy atom. The molecule has 0 rings (SSSR count). The van der Waals surface area contributed by atoms with Crippen molar-refractivity contribution in [2.75, 3.05) is 6.61 Å². The molecule has 0 saturated carbocycles. The van der Waals surface area contributed by atoms with Crippen molar-refractivity contribution in [3.63, 3.8) is 0 Å². The summed E-state index contributed by atoms with van der Waals surface area (Å²) in [5, 5.41) is 31.3. The average Bonchev–Trinajstić information content (AvgIpc) is 2.87. The summed E-state index contributed by atoms with van der Waals surface area (Å²) < 4.78 is 5.91. The lowest BCUT2D eigenvalue weighted by Gasteiger charge is -2.48. The number of rotatable bonds is 24. The molecule has 218 valence electrons. The van der Waals surface area contributed by atoms with Crippen LogP contribution < -0.4 is 0 Å². The molecule has 0 bridgehead atoms. The van der Waals surface area contributed by atoms with Crippen molar-refractivity contribution in [2.24, 2.45) is 23.2 Å². The normalized spacial score (nSPS) is 17.4. The van der Waals surface area contributed by atoms with Gasteiger partial charge in [-0.1, -0.05) is 119 Å². The van der Waals surface area contributed by atoms with E-state index in [0.29, 0.717) is 6.42 Å². The number of ether oxygens (including phenoxy) is 1. The van der Waals surface area contributed by atoms with Crippen molar-refractivity contribution in [1.82, 2.24) is 0 Å². The van der Waals surface area contributed by atoms with Crippen molar-refractivity contribution in [1.29, 1.82) is 0 Å². The second-order valence-corrected chi connectivity index (χ2v) is 11.1. The van der Waals surface area contributed by atoms with Gasteiger partial charge < -0.3 is 20.1 Å². The predicted octanol–water partition coefficient (Wildman–Crippen LogP) is 7.80. The first-order valence-corrected chi connectivity index (χ1v) is 14.9. The molecule has 7 nitrogen and oxygen atoms in total. The Kier molecular flexibility index (Phi) is 17.8. The van der Waals surface area contributed by atoms with Crippen LogP contribution in [0.25, 0.3) is 0 Å². The van der Waals surface area contributed by atoms with Gasteiger partial charge in [0, 0.05) is 0 Å².